The van der Waals surface area contributed by atoms with Crippen molar-refractivity contribution in [2.75, 3.05) is 26.7 Å². The van der Waals surface area contributed by atoms with Gasteiger partial charge in [0.1, 0.15) is 17.3 Å². The van der Waals surface area contributed by atoms with Crippen molar-refractivity contribution in [2.45, 2.75) is 77.5 Å². The summed E-state index contributed by atoms with van der Waals surface area (Å²) in [4.78, 5) is 34.3. The zero-order valence-electron chi connectivity index (χ0n) is 21.6. The third-order valence-corrected chi connectivity index (χ3v) is 6.82. The molecule has 0 saturated heterocycles. The summed E-state index contributed by atoms with van der Waals surface area (Å²) < 4.78 is 6.28. The minimum absolute atomic E-state index is 0.0624. The van der Waals surface area contributed by atoms with Crippen LogP contribution in [0.15, 0.2) is 12.3 Å². The van der Waals surface area contributed by atoms with Gasteiger partial charge >= 0.3 is 0 Å². The lowest BCUT2D eigenvalue weighted by Crippen LogP contribution is -2.51. The molecular formula is C27H39N3O5. The second kappa shape index (κ2) is 11.4. The number of aromatic nitrogens is 1. The molecule has 0 spiro atoms. The van der Waals surface area contributed by atoms with Gasteiger partial charge in [0.2, 0.25) is 11.8 Å². The average molecular weight is 486 g/mol. The highest BCUT2D eigenvalue weighted by atomic mass is 16.5. The molecule has 2 aliphatic rings. The largest absolute Gasteiger partial charge is 0.472 e. The Kier molecular flexibility index (Phi) is 8.79. The van der Waals surface area contributed by atoms with E-state index in [1.165, 1.54) is 12.6 Å². The number of carbonyl (C=O) groups is 2. The minimum atomic E-state index is -1.18. The zero-order chi connectivity index (χ0) is 25.8. The predicted octanol–water partition coefficient (Wildman–Crippen LogP) is 2.46. The number of fused-ring (bicyclic) bond motifs is 1. The van der Waals surface area contributed by atoms with E-state index in [2.05, 4.69) is 16.8 Å². The molecule has 0 radical (unpaired) electrons. The van der Waals surface area contributed by atoms with Gasteiger partial charge in [0.15, 0.2) is 0 Å². The van der Waals surface area contributed by atoms with E-state index in [1.54, 1.807) is 36.6 Å². The smallest absolute Gasteiger partial charge is 0.259 e. The van der Waals surface area contributed by atoms with Gasteiger partial charge in [-0.05, 0) is 39.7 Å². The highest BCUT2D eigenvalue weighted by Crippen LogP contribution is 2.29. The highest BCUT2D eigenvalue weighted by molar-refractivity contribution is 5.97. The first-order valence-electron chi connectivity index (χ1n) is 12.6. The lowest BCUT2D eigenvalue weighted by Gasteiger charge is -2.38. The van der Waals surface area contributed by atoms with Crippen LogP contribution in [0.2, 0.25) is 0 Å². The number of pyridine rings is 1. The Balaban J connectivity index is 1.91. The molecule has 2 heterocycles. The van der Waals surface area contributed by atoms with Crippen LogP contribution in [0, 0.1) is 23.7 Å². The lowest BCUT2D eigenvalue weighted by molar-refractivity contribution is -0.136. The fourth-order valence-corrected chi connectivity index (χ4v) is 4.63. The maximum Gasteiger partial charge on any atom is 0.259 e. The van der Waals surface area contributed by atoms with Crippen molar-refractivity contribution < 1.29 is 24.5 Å². The molecule has 1 aromatic heterocycles. The van der Waals surface area contributed by atoms with E-state index in [0.717, 1.165) is 25.7 Å². The third kappa shape index (κ3) is 6.96. The Morgan fingerprint density at radius 1 is 1.34 bits per heavy atom. The summed E-state index contributed by atoms with van der Waals surface area (Å²) in [6.45, 7) is 7.52. The van der Waals surface area contributed by atoms with Crippen LogP contribution in [0.1, 0.15) is 75.7 Å². The first-order chi connectivity index (χ1) is 16.5. The van der Waals surface area contributed by atoms with Crippen molar-refractivity contribution in [1.29, 1.82) is 0 Å². The number of ether oxygens (including phenoxy) is 1. The standard InChI is InChI=1S/C27H39N3O5/c1-18-15-30(19(2)17-31)26(33)22-13-20(11-12-27(3,4)34)14-28-24(22)35-23(18)16-29(5)25(32)21-9-7-6-8-10-21/h13-14,18-19,21,23,31,34H,6-10,15-17H2,1-5H3/t18-,19-,23-/m0/s1. The van der Waals surface area contributed by atoms with Crippen LogP contribution < -0.4 is 4.74 Å². The van der Waals surface area contributed by atoms with Crippen molar-refractivity contribution >= 4 is 11.8 Å². The first-order valence-corrected chi connectivity index (χ1v) is 12.6. The molecule has 3 rings (SSSR count). The number of likely N-dealkylation sites (N-methyl/N-ethyl adjacent to an activating group) is 1. The number of hydrogen-bond acceptors (Lipinski definition) is 6. The molecule has 1 saturated carbocycles. The van der Waals surface area contributed by atoms with E-state index in [0.29, 0.717) is 18.7 Å². The Labute approximate surface area is 208 Å². The van der Waals surface area contributed by atoms with Crippen molar-refractivity contribution in [2.24, 2.45) is 11.8 Å². The van der Waals surface area contributed by atoms with E-state index < -0.39 is 11.6 Å². The van der Waals surface area contributed by atoms with Gasteiger partial charge in [-0.1, -0.05) is 38.0 Å². The highest BCUT2D eigenvalue weighted by Gasteiger charge is 2.35. The van der Waals surface area contributed by atoms with Gasteiger partial charge in [-0.25, -0.2) is 4.98 Å². The van der Waals surface area contributed by atoms with Crippen molar-refractivity contribution in [3.05, 3.63) is 23.4 Å². The molecule has 2 amide bonds. The van der Waals surface area contributed by atoms with Crippen molar-refractivity contribution in [3.8, 4) is 17.7 Å². The van der Waals surface area contributed by atoms with Gasteiger partial charge in [-0.3, -0.25) is 9.59 Å². The van der Waals surface area contributed by atoms with Crippen LogP contribution in [0.3, 0.4) is 0 Å². The Hall–Kier alpha value is -2.63. The van der Waals surface area contributed by atoms with Crippen molar-refractivity contribution in [1.82, 2.24) is 14.8 Å². The van der Waals surface area contributed by atoms with E-state index >= 15 is 0 Å². The number of aliphatic hydroxyl groups excluding tert-OH is 1. The average Bonchev–Trinajstić information content (AvgIpc) is 2.84. The molecule has 3 atom stereocenters. The van der Waals surface area contributed by atoms with E-state index in [9.17, 15) is 19.8 Å². The summed E-state index contributed by atoms with van der Waals surface area (Å²) in [6.07, 6.45) is 6.37. The summed E-state index contributed by atoms with van der Waals surface area (Å²) in [5.74, 6) is 5.60. The third-order valence-electron chi connectivity index (χ3n) is 6.82. The number of amides is 2. The molecule has 8 heteroatoms. The van der Waals surface area contributed by atoms with Gasteiger partial charge in [0.05, 0.1) is 19.2 Å². The minimum Gasteiger partial charge on any atom is -0.472 e. The topological polar surface area (TPSA) is 103 Å². The van der Waals surface area contributed by atoms with Gasteiger partial charge in [-0.2, -0.15) is 0 Å². The van der Waals surface area contributed by atoms with E-state index in [4.69, 9.17) is 4.74 Å². The summed E-state index contributed by atoms with van der Waals surface area (Å²) in [5.41, 5.74) is -0.446. The fraction of sp³-hybridized carbons (Fsp3) is 0.667. The lowest BCUT2D eigenvalue weighted by atomic mass is 9.88. The molecule has 1 aliphatic carbocycles. The summed E-state index contributed by atoms with van der Waals surface area (Å²) >= 11 is 0. The molecule has 0 unspecified atom stereocenters. The van der Waals surface area contributed by atoms with Crippen LogP contribution in [-0.2, 0) is 4.79 Å². The number of hydrogen-bond donors (Lipinski definition) is 2. The number of aliphatic hydroxyl groups is 2. The number of carbonyl (C=O) groups excluding carboxylic acids is 2. The Morgan fingerprint density at radius 2 is 2.03 bits per heavy atom. The van der Waals surface area contributed by atoms with Crippen LogP contribution in [0.5, 0.6) is 5.88 Å². The van der Waals surface area contributed by atoms with Gasteiger partial charge in [0.25, 0.3) is 5.91 Å². The summed E-state index contributed by atoms with van der Waals surface area (Å²) in [5, 5.41) is 19.7. The van der Waals surface area contributed by atoms with Crippen molar-refractivity contribution in [3.63, 3.8) is 0 Å². The quantitative estimate of drug-likeness (QED) is 0.621. The predicted molar refractivity (Wildman–Crippen MR) is 133 cm³/mol. The van der Waals surface area contributed by atoms with Crippen LogP contribution in [0.25, 0.3) is 0 Å². The molecule has 0 aromatic carbocycles. The van der Waals surface area contributed by atoms with Crippen LogP contribution >= 0.6 is 0 Å². The summed E-state index contributed by atoms with van der Waals surface area (Å²) in [7, 11) is 1.81. The fourth-order valence-electron chi connectivity index (χ4n) is 4.63. The zero-order valence-corrected chi connectivity index (χ0v) is 21.6. The normalized spacial score (nSPS) is 22.1. The summed E-state index contributed by atoms with van der Waals surface area (Å²) in [6, 6.07) is 1.22. The molecule has 192 valence electrons. The second-order valence-corrected chi connectivity index (χ2v) is 10.6. The van der Waals surface area contributed by atoms with Gasteiger partial charge in [0, 0.05) is 37.2 Å². The number of rotatable bonds is 5. The van der Waals surface area contributed by atoms with E-state index in [-0.39, 0.29) is 47.8 Å². The Morgan fingerprint density at radius 3 is 2.66 bits per heavy atom. The molecule has 35 heavy (non-hydrogen) atoms. The second-order valence-electron chi connectivity index (χ2n) is 10.6. The SMILES string of the molecule is C[C@H]1CN([C@@H](C)CO)C(=O)c2cc(C#CC(C)(C)O)cnc2O[C@H]1CN(C)C(=O)C1CCCCC1. The van der Waals surface area contributed by atoms with Crippen LogP contribution in [-0.4, -0.2) is 81.3 Å². The monoisotopic (exact) mass is 485 g/mol. The maximum atomic E-state index is 13.5. The molecule has 1 fully saturated rings. The molecule has 1 aromatic rings. The van der Waals surface area contributed by atoms with Crippen LogP contribution in [0.4, 0.5) is 0 Å². The maximum absolute atomic E-state index is 13.5. The number of nitrogens with zero attached hydrogens (tertiary/aromatic N) is 3. The van der Waals surface area contributed by atoms with E-state index in [1.807, 2.05) is 14.0 Å². The molecule has 8 nitrogen and oxygen atoms in total. The first kappa shape index (κ1) is 27.0. The molecule has 0 bridgehead atoms. The molecule has 1 aliphatic heterocycles. The molecule has 2 N–H and O–H groups in total. The van der Waals surface area contributed by atoms with Gasteiger partial charge in [-0.15, -0.1) is 0 Å². The molecular weight excluding hydrogens is 446 g/mol. The Bertz CT molecular complexity index is 971. The van der Waals surface area contributed by atoms with Gasteiger partial charge < -0.3 is 24.7 Å².